The van der Waals surface area contributed by atoms with E-state index in [9.17, 15) is 9.59 Å². The molecule has 0 aliphatic heterocycles. The van der Waals surface area contributed by atoms with Crippen LogP contribution in [0, 0.1) is 19.8 Å². The number of carbonyl (C=O) groups excluding carboxylic acids is 1. The van der Waals surface area contributed by atoms with Gasteiger partial charge in [0.05, 0.1) is 12.3 Å². The average Bonchev–Trinajstić information content (AvgIpc) is 2.53. The Labute approximate surface area is 144 Å². The van der Waals surface area contributed by atoms with Crippen molar-refractivity contribution >= 4 is 11.9 Å². The molecular formula is C19H29NO4. The Morgan fingerprint density at radius 3 is 2.42 bits per heavy atom. The van der Waals surface area contributed by atoms with Crippen LogP contribution in [0.2, 0.25) is 0 Å². The van der Waals surface area contributed by atoms with Gasteiger partial charge in [0.1, 0.15) is 0 Å². The van der Waals surface area contributed by atoms with Crippen molar-refractivity contribution in [1.29, 1.82) is 0 Å². The maximum absolute atomic E-state index is 12.7. The smallest absolute Gasteiger partial charge is 0.308 e. The monoisotopic (exact) mass is 335 g/mol. The zero-order chi connectivity index (χ0) is 18.1. The van der Waals surface area contributed by atoms with Gasteiger partial charge in [-0.25, -0.2) is 0 Å². The number of aliphatic carboxylic acids is 1. The number of rotatable bonds is 10. The summed E-state index contributed by atoms with van der Waals surface area (Å²) in [4.78, 5) is 25.5. The first-order valence-electron chi connectivity index (χ1n) is 8.50. The first-order chi connectivity index (χ1) is 11.4. The molecule has 0 radical (unpaired) electrons. The number of carboxylic acid groups (broad SMARTS) is 1. The lowest BCUT2D eigenvalue weighted by molar-refractivity contribution is -0.143. The average molecular weight is 335 g/mol. The molecule has 1 aromatic rings. The fraction of sp³-hybridized carbons (Fsp3) is 0.579. The molecule has 0 saturated heterocycles. The first-order valence-corrected chi connectivity index (χ1v) is 8.50. The van der Waals surface area contributed by atoms with Crippen LogP contribution in [-0.2, 0) is 20.7 Å². The minimum atomic E-state index is -0.885. The van der Waals surface area contributed by atoms with Crippen LogP contribution in [0.4, 0.5) is 0 Å². The lowest BCUT2D eigenvalue weighted by Crippen LogP contribution is -2.39. The van der Waals surface area contributed by atoms with Gasteiger partial charge in [-0.1, -0.05) is 25.1 Å². The number of hydrogen-bond acceptors (Lipinski definition) is 3. The highest BCUT2D eigenvalue weighted by molar-refractivity contribution is 5.80. The lowest BCUT2D eigenvalue weighted by Gasteiger charge is -2.25. The molecule has 0 bridgehead atoms. The van der Waals surface area contributed by atoms with E-state index in [0.717, 1.165) is 16.7 Å². The third kappa shape index (κ3) is 6.32. The second-order valence-electron chi connectivity index (χ2n) is 6.18. The van der Waals surface area contributed by atoms with E-state index in [1.165, 1.54) is 0 Å². The van der Waals surface area contributed by atoms with Crippen molar-refractivity contribution in [3.63, 3.8) is 0 Å². The molecule has 0 aromatic heterocycles. The molecule has 0 aliphatic rings. The van der Waals surface area contributed by atoms with Crippen molar-refractivity contribution in [2.24, 2.45) is 5.92 Å². The summed E-state index contributed by atoms with van der Waals surface area (Å²) < 4.78 is 5.32. The predicted octanol–water partition coefficient (Wildman–Crippen LogP) is 2.82. The minimum absolute atomic E-state index is 0.0306. The molecule has 5 heteroatoms. The van der Waals surface area contributed by atoms with Crippen LogP contribution in [0.15, 0.2) is 18.2 Å². The Bertz CT molecular complexity index is 536. The molecule has 134 valence electrons. The number of amides is 1. The standard InChI is InChI=1S/C19H29NO4/c1-5-24-11-7-10-20(13-16(4)19(22)23)18(21)12-17-14(2)8-6-9-15(17)3/h6,8-9,16H,5,7,10-13H2,1-4H3,(H,22,23). The highest BCUT2D eigenvalue weighted by Gasteiger charge is 2.21. The second-order valence-corrected chi connectivity index (χ2v) is 6.18. The van der Waals surface area contributed by atoms with E-state index in [1.807, 2.05) is 39.0 Å². The highest BCUT2D eigenvalue weighted by Crippen LogP contribution is 2.16. The molecule has 0 spiro atoms. The summed E-state index contributed by atoms with van der Waals surface area (Å²) in [6.45, 7) is 9.50. The highest BCUT2D eigenvalue weighted by atomic mass is 16.5. The summed E-state index contributed by atoms with van der Waals surface area (Å²) in [7, 11) is 0. The third-order valence-corrected chi connectivity index (χ3v) is 4.16. The van der Waals surface area contributed by atoms with E-state index in [4.69, 9.17) is 9.84 Å². The van der Waals surface area contributed by atoms with Crippen LogP contribution >= 0.6 is 0 Å². The molecule has 1 atom stereocenters. The Morgan fingerprint density at radius 2 is 1.88 bits per heavy atom. The number of nitrogens with zero attached hydrogens (tertiary/aromatic N) is 1. The molecular weight excluding hydrogens is 306 g/mol. The largest absolute Gasteiger partial charge is 0.481 e. The van der Waals surface area contributed by atoms with Gasteiger partial charge in [0.15, 0.2) is 0 Å². The van der Waals surface area contributed by atoms with Crippen LogP contribution in [0.3, 0.4) is 0 Å². The van der Waals surface area contributed by atoms with E-state index in [1.54, 1.807) is 11.8 Å². The zero-order valence-corrected chi connectivity index (χ0v) is 15.2. The van der Waals surface area contributed by atoms with Gasteiger partial charge in [-0.15, -0.1) is 0 Å². The SMILES string of the molecule is CCOCCCN(CC(C)C(=O)O)C(=O)Cc1c(C)cccc1C. The number of carbonyl (C=O) groups is 2. The summed E-state index contributed by atoms with van der Waals surface area (Å²) in [5.74, 6) is -1.50. The van der Waals surface area contributed by atoms with E-state index in [2.05, 4.69) is 0 Å². The molecule has 0 aliphatic carbocycles. The van der Waals surface area contributed by atoms with Crippen LogP contribution in [0.5, 0.6) is 0 Å². The van der Waals surface area contributed by atoms with Gasteiger partial charge in [0.25, 0.3) is 0 Å². The summed E-state index contributed by atoms with van der Waals surface area (Å²) in [5.41, 5.74) is 3.20. The van der Waals surface area contributed by atoms with E-state index >= 15 is 0 Å². The van der Waals surface area contributed by atoms with Crippen molar-refractivity contribution in [2.75, 3.05) is 26.3 Å². The molecule has 1 unspecified atom stereocenters. The maximum Gasteiger partial charge on any atom is 0.308 e. The molecule has 1 aromatic carbocycles. The van der Waals surface area contributed by atoms with Crippen molar-refractivity contribution < 1.29 is 19.4 Å². The molecule has 0 saturated carbocycles. The first kappa shape index (κ1) is 20.2. The molecule has 1 rings (SSSR count). The summed E-state index contributed by atoms with van der Waals surface area (Å²) in [6, 6.07) is 5.97. The number of hydrogen-bond donors (Lipinski definition) is 1. The zero-order valence-electron chi connectivity index (χ0n) is 15.2. The van der Waals surface area contributed by atoms with Crippen molar-refractivity contribution in [3.05, 3.63) is 34.9 Å². The lowest BCUT2D eigenvalue weighted by atomic mass is 9.99. The van der Waals surface area contributed by atoms with Gasteiger partial charge < -0.3 is 14.7 Å². The number of benzene rings is 1. The summed E-state index contributed by atoms with van der Waals surface area (Å²) >= 11 is 0. The van der Waals surface area contributed by atoms with Gasteiger partial charge in [-0.2, -0.15) is 0 Å². The fourth-order valence-electron chi connectivity index (χ4n) is 2.62. The van der Waals surface area contributed by atoms with Crippen LogP contribution < -0.4 is 0 Å². The Hall–Kier alpha value is -1.88. The van der Waals surface area contributed by atoms with Crippen LogP contribution in [-0.4, -0.2) is 48.2 Å². The predicted molar refractivity (Wildman–Crippen MR) is 94.1 cm³/mol. The molecule has 1 N–H and O–H groups in total. The number of ether oxygens (including phenoxy) is 1. The van der Waals surface area contributed by atoms with Crippen LogP contribution in [0.1, 0.15) is 37.0 Å². The van der Waals surface area contributed by atoms with Crippen molar-refractivity contribution in [2.45, 2.75) is 40.5 Å². The van der Waals surface area contributed by atoms with Gasteiger partial charge in [-0.3, -0.25) is 9.59 Å². The van der Waals surface area contributed by atoms with Gasteiger partial charge in [0.2, 0.25) is 5.91 Å². The molecule has 0 heterocycles. The Balaban J connectivity index is 2.79. The molecule has 5 nitrogen and oxygen atoms in total. The number of aryl methyl sites for hydroxylation is 2. The maximum atomic E-state index is 12.7. The Morgan fingerprint density at radius 1 is 1.25 bits per heavy atom. The quantitative estimate of drug-likeness (QED) is 0.668. The summed E-state index contributed by atoms with van der Waals surface area (Å²) in [5, 5.41) is 9.14. The molecule has 1 amide bonds. The van der Waals surface area contributed by atoms with Crippen LogP contribution in [0.25, 0.3) is 0 Å². The fourth-order valence-corrected chi connectivity index (χ4v) is 2.62. The Kier molecular flexibility index (Phi) is 8.47. The molecule has 24 heavy (non-hydrogen) atoms. The van der Waals surface area contributed by atoms with E-state index < -0.39 is 11.9 Å². The molecule has 0 fully saturated rings. The van der Waals surface area contributed by atoms with E-state index in [0.29, 0.717) is 32.6 Å². The van der Waals surface area contributed by atoms with Gasteiger partial charge in [0, 0.05) is 26.3 Å². The van der Waals surface area contributed by atoms with Gasteiger partial charge >= 0.3 is 5.97 Å². The van der Waals surface area contributed by atoms with Crippen molar-refractivity contribution in [3.8, 4) is 0 Å². The van der Waals surface area contributed by atoms with E-state index in [-0.39, 0.29) is 12.5 Å². The third-order valence-electron chi connectivity index (χ3n) is 4.16. The normalized spacial score (nSPS) is 12.0. The minimum Gasteiger partial charge on any atom is -0.481 e. The topological polar surface area (TPSA) is 66.8 Å². The van der Waals surface area contributed by atoms with Gasteiger partial charge in [-0.05, 0) is 43.9 Å². The summed E-state index contributed by atoms with van der Waals surface area (Å²) in [6.07, 6.45) is 1.01. The second kappa shape index (κ2) is 10.1. The number of carboxylic acids is 1. The van der Waals surface area contributed by atoms with Crippen molar-refractivity contribution in [1.82, 2.24) is 4.90 Å².